The van der Waals surface area contributed by atoms with Crippen molar-refractivity contribution in [3.8, 4) is 0 Å². The van der Waals surface area contributed by atoms with Gasteiger partial charge in [-0.3, -0.25) is 4.79 Å². The Bertz CT molecular complexity index is 671. The van der Waals surface area contributed by atoms with Gasteiger partial charge in [0.25, 0.3) is 0 Å². The molecule has 0 aromatic heterocycles. The lowest BCUT2D eigenvalue weighted by Gasteiger charge is -2.22. The van der Waals surface area contributed by atoms with Crippen LogP contribution in [0.1, 0.15) is 33.1 Å². The Morgan fingerprint density at radius 3 is 2.38 bits per heavy atom. The van der Waals surface area contributed by atoms with E-state index in [9.17, 15) is 13.2 Å². The Morgan fingerprint density at radius 2 is 1.88 bits per heavy atom. The van der Waals surface area contributed by atoms with Gasteiger partial charge in [-0.2, -0.15) is 0 Å². The minimum absolute atomic E-state index is 0.0220. The van der Waals surface area contributed by atoms with Crippen LogP contribution < -0.4 is 10.6 Å². The molecule has 1 atom stereocenters. The van der Waals surface area contributed by atoms with Gasteiger partial charge in [0.1, 0.15) is 0 Å². The second-order valence-electron chi connectivity index (χ2n) is 6.67. The van der Waals surface area contributed by atoms with Crippen molar-refractivity contribution >= 4 is 21.6 Å². The van der Waals surface area contributed by atoms with Gasteiger partial charge in [0.2, 0.25) is 15.9 Å². The van der Waals surface area contributed by atoms with Gasteiger partial charge in [-0.15, -0.1) is 0 Å². The predicted molar refractivity (Wildman–Crippen MR) is 95.3 cm³/mol. The largest absolute Gasteiger partial charge is 0.327 e. The van der Waals surface area contributed by atoms with Gasteiger partial charge in [-0.1, -0.05) is 13.8 Å². The average Bonchev–Trinajstić information content (AvgIpc) is 2.98. The van der Waals surface area contributed by atoms with Crippen molar-refractivity contribution in [3.63, 3.8) is 0 Å². The fraction of sp³-hybridized carbons (Fsp3) is 0.588. The smallest absolute Gasteiger partial charge is 0.242 e. The van der Waals surface area contributed by atoms with E-state index in [-0.39, 0.29) is 16.8 Å². The van der Waals surface area contributed by atoms with Gasteiger partial charge in [-0.05, 0) is 43.0 Å². The molecule has 0 radical (unpaired) electrons. The number of anilines is 1. The van der Waals surface area contributed by atoms with Crippen LogP contribution in [0.15, 0.2) is 29.2 Å². The zero-order chi connectivity index (χ0) is 17.9. The normalized spacial score (nSPS) is 17.1. The lowest BCUT2D eigenvalue weighted by molar-refractivity contribution is -0.117. The van der Waals surface area contributed by atoms with E-state index in [2.05, 4.69) is 0 Å². The lowest BCUT2D eigenvalue weighted by atomic mass is 10.0. The van der Waals surface area contributed by atoms with Crippen LogP contribution >= 0.6 is 0 Å². The van der Waals surface area contributed by atoms with Crippen molar-refractivity contribution in [1.82, 2.24) is 4.31 Å². The second-order valence-corrected chi connectivity index (χ2v) is 8.71. The summed E-state index contributed by atoms with van der Waals surface area (Å²) in [5, 5.41) is 0. The molecule has 2 rings (SSSR count). The summed E-state index contributed by atoms with van der Waals surface area (Å²) in [5.74, 6) is 0.406. The number of benzene rings is 1. The molecule has 1 aliphatic heterocycles. The third-order valence-corrected chi connectivity index (χ3v) is 6.43. The van der Waals surface area contributed by atoms with Crippen molar-refractivity contribution in [2.24, 2.45) is 11.7 Å². The summed E-state index contributed by atoms with van der Waals surface area (Å²) in [6.07, 6.45) is 2.02. The summed E-state index contributed by atoms with van der Waals surface area (Å²) in [6, 6.07) is 6.50. The van der Waals surface area contributed by atoms with Crippen molar-refractivity contribution in [1.29, 1.82) is 0 Å². The van der Waals surface area contributed by atoms with E-state index in [1.165, 1.54) is 4.31 Å². The number of amides is 1. The monoisotopic (exact) mass is 353 g/mol. The first-order valence-electron chi connectivity index (χ1n) is 8.36. The van der Waals surface area contributed by atoms with E-state index in [1.807, 2.05) is 13.8 Å². The van der Waals surface area contributed by atoms with E-state index in [4.69, 9.17) is 5.73 Å². The van der Waals surface area contributed by atoms with E-state index in [0.29, 0.717) is 31.8 Å². The Hall–Kier alpha value is -1.44. The van der Waals surface area contributed by atoms with E-state index >= 15 is 0 Å². The summed E-state index contributed by atoms with van der Waals surface area (Å²) in [7, 11) is -1.97. The van der Waals surface area contributed by atoms with Gasteiger partial charge in [0, 0.05) is 38.3 Å². The van der Waals surface area contributed by atoms with Gasteiger partial charge in [0.15, 0.2) is 0 Å². The van der Waals surface area contributed by atoms with Crippen LogP contribution in [-0.4, -0.2) is 44.8 Å². The first-order chi connectivity index (χ1) is 11.2. The number of carbonyl (C=O) groups excluding carboxylic acids is 1. The fourth-order valence-corrected chi connectivity index (χ4v) is 3.87. The number of carbonyl (C=O) groups is 1. The van der Waals surface area contributed by atoms with E-state index < -0.39 is 10.0 Å². The minimum Gasteiger partial charge on any atom is -0.327 e. The van der Waals surface area contributed by atoms with Crippen LogP contribution in [0, 0.1) is 5.92 Å². The lowest BCUT2D eigenvalue weighted by Crippen LogP contribution is -2.34. The third-order valence-electron chi connectivity index (χ3n) is 4.56. The standard InChI is InChI=1S/C17H27N3O3S/c1-13(2)16(18)10-12-19(3)24(22,23)15-8-6-14(7-9-15)20-11-4-5-17(20)21/h6-9,13,16H,4-5,10-12,18H2,1-3H3. The highest BCUT2D eigenvalue weighted by molar-refractivity contribution is 7.89. The maximum atomic E-state index is 12.6. The number of nitrogens with two attached hydrogens (primary N) is 1. The quantitative estimate of drug-likeness (QED) is 0.810. The molecule has 134 valence electrons. The second kappa shape index (κ2) is 7.63. The summed E-state index contributed by atoms with van der Waals surface area (Å²) in [4.78, 5) is 13.7. The molecule has 1 amide bonds. The van der Waals surface area contributed by atoms with Gasteiger partial charge in [0.05, 0.1) is 4.90 Å². The Kier molecular flexibility index (Phi) is 6.01. The Morgan fingerprint density at radius 1 is 1.25 bits per heavy atom. The Balaban J connectivity index is 2.07. The molecule has 7 heteroatoms. The minimum atomic E-state index is -3.54. The predicted octanol–water partition coefficient (Wildman–Crippen LogP) is 1.81. The van der Waals surface area contributed by atoms with Crippen LogP contribution in [0.3, 0.4) is 0 Å². The maximum absolute atomic E-state index is 12.6. The summed E-state index contributed by atoms with van der Waals surface area (Å²) in [6.45, 7) is 5.13. The zero-order valence-electron chi connectivity index (χ0n) is 14.6. The number of rotatable bonds is 7. The molecule has 1 fully saturated rings. The SMILES string of the molecule is CC(C)C(N)CCN(C)S(=O)(=O)c1ccc(N2CCCC2=O)cc1. The molecule has 1 aromatic carbocycles. The molecule has 1 heterocycles. The molecule has 0 bridgehead atoms. The molecule has 0 aliphatic carbocycles. The first kappa shape index (κ1) is 18.9. The van der Waals surface area contributed by atoms with Gasteiger partial charge < -0.3 is 10.6 Å². The average molecular weight is 353 g/mol. The van der Waals surface area contributed by atoms with Crippen LogP contribution in [-0.2, 0) is 14.8 Å². The van der Waals surface area contributed by atoms with Crippen molar-refractivity contribution in [2.75, 3.05) is 25.0 Å². The van der Waals surface area contributed by atoms with Crippen LogP contribution in [0.4, 0.5) is 5.69 Å². The number of hydrogen-bond acceptors (Lipinski definition) is 4. The van der Waals surface area contributed by atoms with E-state index in [0.717, 1.165) is 12.1 Å². The highest BCUT2D eigenvalue weighted by Gasteiger charge is 2.24. The van der Waals surface area contributed by atoms with Crippen LogP contribution in [0.2, 0.25) is 0 Å². The first-order valence-corrected chi connectivity index (χ1v) is 9.80. The molecule has 1 unspecified atom stereocenters. The van der Waals surface area contributed by atoms with Crippen LogP contribution in [0.5, 0.6) is 0 Å². The van der Waals surface area contributed by atoms with Crippen molar-refractivity contribution in [2.45, 2.75) is 44.0 Å². The highest BCUT2D eigenvalue weighted by Crippen LogP contribution is 2.24. The summed E-state index contributed by atoms with van der Waals surface area (Å²) < 4.78 is 26.6. The third kappa shape index (κ3) is 4.15. The topological polar surface area (TPSA) is 83.7 Å². The maximum Gasteiger partial charge on any atom is 0.242 e. The summed E-state index contributed by atoms with van der Waals surface area (Å²) >= 11 is 0. The molecule has 0 spiro atoms. The van der Waals surface area contributed by atoms with E-state index in [1.54, 1.807) is 36.2 Å². The van der Waals surface area contributed by atoms with Crippen molar-refractivity contribution < 1.29 is 13.2 Å². The molecule has 1 aliphatic rings. The number of sulfonamides is 1. The fourth-order valence-electron chi connectivity index (χ4n) is 2.68. The van der Waals surface area contributed by atoms with Gasteiger partial charge in [-0.25, -0.2) is 12.7 Å². The molecule has 0 saturated carbocycles. The Labute approximate surface area is 144 Å². The number of hydrogen-bond donors (Lipinski definition) is 1. The molecule has 24 heavy (non-hydrogen) atoms. The molecular formula is C17H27N3O3S. The molecule has 2 N–H and O–H groups in total. The molecular weight excluding hydrogens is 326 g/mol. The number of nitrogens with zero attached hydrogens (tertiary/aromatic N) is 2. The van der Waals surface area contributed by atoms with Gasteiger partial charge >= 0.3 is 0 Å². The van der Waals surface area contributed by atoms with Crippen LogP contribution in [0.25, 0.3) is 0 Å². The molecule has 1 aromatic rings. The zero-order valence-corrected chi connectivity index (χ0v) is 15.4. The molecule has 6 nitrogen and oxygen atoms in total. The highest BCUT2D eigenvalue weighted by atomic mass is 32.2. The van der Waals surface area contributed by atoms with Crippen molar-refractivity contribution in [3.05, 3.63) is 24.3 Å². The molecule has 1 saturated heterocycles. The summed E-state index contributed by atoms with van der Waals surface area (Å²) in [5.41, 5.74) is 6.74.